The number of ether oxygens (including phenoxy) is 2. The third-order valence-corrected chi connectivity index (χ3v) is 4.38. The third kappa shape index (κ3) is 3.88. The molecule has 0 atom stereocenters. The van der Waals surface area contributed by atoms with Gasteiger partial charge in [0, 0.05) is 24.7 Å². The van der Waals surface area contributed by atoms with Crippen molar-refractivity contribution in [1.82, 2.24) is 20.0 Å². The van der Waals surface area contributed by atoms with E-state index in [-0.39, 0.29) is 11.9 Å². The van der Waals surface area contributed by atoms with Gasteiger partial charge < -0.3 is 19.7 Å². The van der Waals surface area contributed by atoms with E-state index >= 15 is 0 Å². The van der Waals surface area contributed by atoms with E-state index in [4.69, 9.17) is 9.47 Å². The first kappa shape index (κ1) is 17.6. The van der Waals surface area contributed by atoms with Crippen LogP contribution in [0.15, 0.2) is 0 Å². The summed E-state index contributed by atoms with van der Waals surface area (Å²) in [5, 5.41) is 7.26. The lowest BCUT2D eigenvalue weighted by molar-refractivity contribution is 0.0473. The predicted molar refractivity (Wildman–Crippen MR) is 90.8 cm³/mol. The monoisotopic (exact) mass is 350 g/mol. The number of fused-ring (bicyclic) bond motifs is 1. The van der Waals surface area contributed by atoms with E-state index in [1.54, 1.807) is 9.58 Å². The van der Waals surface area contributed by atoms with Crippen LogP contribution in [0.3, 0.4) is 0 Å². The summed E-state index contributed by atoms with van der Waals surface area (Å²) in [6.45, 7) is 9.84. The van der Waals surface area contributed by atoms with Gasteiger partial charge in [-0.05, 0) is 40.5 Å². The minimum Gasteiger partial charge on any atom is -0.476 e. The molecule has 8 heteroatoms. The number of nitrogens with one attached hydrogen (secondary N) is 1. The molecular weight excluding hydrogens is 324 g/mol. The van der Waals surface area contributed by atoms with Crippen LogP contribution >= 0.6 is 0 Å². The highest BCUT2D eigenvalue weighted by atomic mass is 16.6. The first-order chi connectivity index (χ1) is 11.7. The molecule has 2 aliphatic heterocycles. The highest BCUT2D eigenvalue weighted by molar-refractivity contribution is 5.94. The number of hydrogen-bond acceptors (Lipinski definition) is 5. The van der Waals surface area contributed by atoms with Gasteiger partial charge in [0.1, 0.15) is 12.2 Å². The first-order valence-electron chi connectivity index (χ1n) is 8.73. The van der Waals surface area contributed by atoms with E-state index in [9.17, 15) is 9.59 Å². The van der Waals surface area contributed by atoms with E-state index in [1.807, 2.05) is 27.7 Å². The maximum Gasteiger partial charge on any atom is 0.407 e. The van der Waals surface area contributed by atoms with Crippen molar-refractivity contribution in [3.05, 3.63) is 11.3 Å². The standard InChI is InChI=1S/C17H26N4O4/c1-11-13(19-21-9-10-24-15(11)21)14(22)20-7-5-12(6-8-20)18-16(23)25-17(2,3)4/h12H,5-10H2,1-4H3,(H,18,23). The van der Waals surface area contributed by atoms with Gasteiger partial charge in [-0.3, -0.25) is 4.79 Å². The Balaban J connectivity index is 1.54. The molecule has 138 valence electrons. The normalized spacial score (nSPS) is 17.8. The fourth-order valence-corrected chi connectivity index (χ4v) is 3.15. The number of carbonyl (C=O) groups excluding carboxylic acids is 2. The van der Waals surface area contributed by atoms with Crippen LogP contribution in [0.5, 0.6) is 5.88 Å². The second-order valence-corrected chi connectivity index (χ2v) is 7.56. The zero-order valence-corrected chi connectivity index (χ0v) is 15.3. The number of rotatable bonds is 2. The van der Waals surface area contributed by atoms with Crippen molar-refractivity contribution < 1.29 is 19.1 Å². The lowest BCUT2D eigenvalue weighted by Gasteiger charge is -2.32. The van der Waals surface area contributed by atoms with Crippen LogP contribution in [0.1, 0.15) is 49.7 Å². The lowest BCUT2D eigenvalue weighted by atomic mass is 10.0. The number of carbonyl (C=O) groups is 2. The molecule has 2 aliphatic rings. The average Bonchev–Trinajstić information content (AvgIpc) is 3.09. The molecule has 1 fully saturated rings. The van der Waals surface area contributed by atoms with Gasteiger partial charge in [0.15, 0.2) is 5.69 Å². The van der Waals surface area contributed by atoms with Gasteiger partial charge in [-0.25, -0.2) is 9.48 Å². The molecule has 8 nitrogen and oxygen atoms in total. The number of hydrogen-bond donors (Lipinski definition) is 1. The highest BCUT2D eigenvalue weighted by Gasteiger charge is 2.30. The molecule has 1 N–H and O–H groups in total. The topological polar surface area (TPSA) is 85.7 Å². The van der Waals surface area contributed by atoms with Gasteiger partial charge in [0.2, 0.25) is 5.88 Å². The molecule has 0 aromatic carbocycles. The Morgan fingerprint density at radius 2 is 1.92 bits per heavy atom. The van der Waals surface area contributed by atoms with Gasteiger partial charge in [-0.2, -0.15) is 5.10 Å². The van der Waals surface area contributed by atoms with Crippen molar-refractivity contribution in [2.45, 2.75) is 58.7 Å². The largest absolute Gasteiger partial charge is 0.476 e. The number of piperidine rings is 1. The SMILES string of the molecule is Cc1c(C(=O)N2CCC(NC(=O)OC(C)(C)C)CC2)nn2c1OCC2. The summed E-state index contributed by atoms with van der Waals surface area (Å²) in [5.74, 6) is 0.628. The molecule has 25 heavy (non-hydrogen) atoms. The van der Waals surface area contributed by atoms with E-state index in [2.05, 4.69) is 10.4 Å². The van der Waals surface area contributed by atoms with E-state index in [0.717, 1.165) is 5.56 Å². The molecule has 1 aromatic heterocycles. The van der Waals surface area contributed by atoms with Crippen molar-refractivity contribution in [2.24, 2.45) is 0 Å². The molecule has 1 saturated heterocycles. The quantitative estimate of drug-likeness (QED) is 0.878. The van der Waals surface area contributed by atoms with Crippen LogP contribution < -0.4 is 10.1 Å². The number of amides is 2. The van der Waals surface area contributed by atoms with Crippen molar-refractivity contribution in [3.63, 3.8) is 0 Å². The van der Waals surface area contributed by atoms with E-state index in [0.29, 0.717) is 50.7 Å². The van der Waals surface area contributed by atoms with Crippen LogP contribution in [0.4, 0.5) is 4.79 Å². The van der Waals surface area contributed by atoms with E-state index in [1.165, 1.54) is 0 Å². The van der Waals surface area contributed by atoms with Crippen LogP contribution in [-0.2, 0) is 11.3 Å². The Hall–Kier alpha value is -2.25. The zero-order chi connectivity index (χ0) is 18.2. The fourth-order valence-electron chi connectivity index (χ4n) is 3.15. The number of nitrogens with zero attached hydrogens (tertiary/aromatic N) is 3. The third-order valence-electron chi connectivity index (χ3n) is 4.38. The predicted octanol–water partition coefficient (Wildman–Crippen LogP) is 1.71. The summed E-state index contributed by atoms with van der Waals surface area (Å²) in [4.78, 5) is 26.4. The molecule has 2 amide bonds. The minimum absolute atomic E-state index is 0.0235. The summed E-state index contributed by atoms with van der Waals surface area (Å²) in [5.41, 5.74) is 0.756. The Bertz CT molecular complexity index is 669. The van der Waals surface area contributed by atoms with Crippen LogP contribution in [0.25, 0.3) is 0 Å². The average molecular weight is 350 g/mol. The Morgan fingerprint density at radius 3 is 2.52 bits per heavy atom. The molecule has 0 unspecified atom stereocenters. The summed E-state index contributed by atoms with van der Waals surface area (Å²) in [7, 11) is 0. The summed E-state index contributed by atoms with van der Waals surface area (Å²) in [6, 6.07) is 0.0235. The van der Waals surface area contributed by atoms with Gasteiger partial charge >= 0.3 is 6.09 Å². The Kier molecular flexibility index (Phi) is 4.62. The molecule has 1 aromatic rings. The van der Waals surface area contributed by atoms with Crippen molar-refractivity contribution in [1.29, 1.82) is 0 Å². The summed E-state index contributed by atoms with van der Waals surface area (Å²) < 4.78 is 12.5. The number of aromatic nitrogens is 2. The van der Waals surface area contributed by atoms with Crippen molar-refractivity contribution in [3.8, 4) is 5.88 Å². The molecule has 0 bridgehead atoms. The van der Waals surface area contributed by atoms with Crippen LogP contribution in [0.2, 0.25) is 0 Å². The second kappa shape index (κ2) is 6.57. The van der Waals surface area contributed by atoms with E-state index < -0.39 is 11.7 Å². The molecule has 0 saturated carbocycles. The molecular formula is C17H26N4O4. The van der Waals surface area contributed by atoms with Crippen LogP contribution in [-0.4, -0.2) is 58.0 Å². The highest BCUT2D eigenvalue weighted by Crippen LogP contribution is 2.27. The molecule has 0 aliphatic carbocycles. The first-order valence-corrected chi connectivity index (χ1v) is 8.73. The Labute approximate surface area is 147 Å². The van der Waals surface area contributed by atoms with Gasteiger partial charge in [-0.1, -0.05) is 0 Å². The van der Waals surface area contributed by atoms with Crippen molar-refractivity contribution >= 4 is 12.0 Å². The summed E-state index contributed by atoms with van der Waals surface area (Å²) >= 11 is 0. The van der Waals surface area contributed by atoms with Crippen molar-refractivity contribution in [2.75, 3.05) is 19.7 Å². The molecule has 0 spiro atoms. The Morgan fingerprint density at radius 1 is 1.24 bits per heavy atom. The molecule has 3 heterocycles. The lowest BCUT2D eigenvalue weighted by Crippen LogP contribution is -2.47. The maximum atomic E-state index is 12.7. The van der Waals surface area contributed by atoms with Gasteiger partial charge in [-0.15, -0.1) is 0 Å². The number of alkyl carbamates (subject to hydrolysis) is 1. The number of likely N-dealkylation sites (tertiary alicyclic amines) is 1. The zero-order valence-electron chi connectivity index (χ0n) is 15.3. The summed E-state index contributed by atoms with van der Waals surface area (Å²) in [6.07, 6.45) is 0.998. The second-order valence-electron chi connectivity index (χ2n) is 7.56. The van der Waals surface area contributed by atoms with Gasteiger partial charge in [0.25, 0.3) is 5.91 Å². The fraction of sp³-hybridized carbons (Fsp3) is 0.706. The minimum atomic E-state index is -0.512. The van der Waals surface area contributed by atoms with Gasteiger partial charge in [0.05, 0.1) is 6.54 Å². The maximum absolute atomic E-state index is 12.7. The molecule has 3 rings (SSSR count). The van der Waals surface area contributed by atoms with Crippen LogP contribution in [0, 0.1) is 6.92 Å². The smallest absolute Gasteiger partial charge is 0.407 e. The molecule has 0 radical (unpaired) electrons.